The number of ether oxygens (including phenoxy) is 2. The first-order valence-electron chi connectivity index (χ1n) is 13.7. The van der Waals surface area contributed by atoms with E-state index in [0.29, 0.717) is 48.7 Å². The Labute approximate surface area is 242 Å². The zero-order valence-corrected chi connectivity index (χ0v) is 23.5. The fourth-order valence-electron chi connectivity index (χ4n) is 5.55. The lowest BCUT2D eigenvalue weighted by Crippen LogP contribution is -2.33. The summed E-state index contributed by atoms with van der Waals surface area (Å²) in [6.07, 6.45) is 3.59. The van der Waals surface area contributed by atoms with Crippen LogP contribution in [0, 0.1) is 0 Å². The predicted molar refractivity (Wildman–Crippen MR) is 156 cm³/mol. The monoisotopic (exact) mass is 574 g/mol. The number of fused-ring (bicyclic) bond motifs is 2. The highest BCUT2D eigenvalue weighted by Gasteiger charge is 2.24. The van der Waals surface area contributed by atoms with E-state index in [0.717, 1.165) is 59.4 Å². The summed E-state index contributed by atoms with van der Waals surface area (Å²) >= 11 is 6.23. The zero-order valence-electron chi connectivity index (χ0n) is 22.8. The number of carboxylic acids is 1. The highest BCUT2D eigenvalue weighted by atomic mass is 35.5. The van der Waals surface area contributed by atoms with E-state index < -0.39 is 5.97 Å². The highest BCUT2D eigenvalue weighted by Crippen LogP contribution is 2.31. The topological polar surface area (TPSA) is 103 Å². The van der Waals surface area contributed by atoms with E-state index in [1.165, 1.54) is 0 Å². The molecule has 0 unspecified atom stereocenters. The van der Waals surface area contributed by atoms with Gasteiger partial charge in [-0.1, -0.05) is 23.7 Å². The van der Waals surface area contributed by atoms with Gasteiger partial charge in [-0.05, 0) is 62.3 Å². The van der Waals surface area contributed by atoms with Crippen molar-refractivity contribution in [1.29, 1.82) is 0 Å². The summed E-state index contributed by atoms with van der Waals surface area (Å²) < 4.78 is 19.0. The smallest absolute Gasteiger partial charge is 0.335 e. The molecule has 2 aromatic carbocycles. The molecule has 1 aliphatic rings. The van der Waals surface area contributed by atoms with Crippen molar-refractivity contribution in [1.82, 2.24) is 19.4 Å². The van der Waals surface area contributed by atoms with Crippen molar-refractivity contribution in [2.24, 2.45) is 0 Å². The van der Waals surface area contributed by atoms with Gasteiger partial charge in [-0.15, -0.1) is 0 Å². The second-order valence-corrected chi connectivity index (χ2v) is 10.7. The van der Waals surface area contributed by atoms with Gasteiger partial charge < -0.3 is 23.6 Å². The van der Waals surface area contributed by atoms with E-state index in [1.807, 2.05) is 30.3 Å². The fraction of sp³-hybridized carbons (Fsp3) is 0.323. The lowest BCUT2D eigenvalue weighted by molar-refractivity contribution is 0.0697. The van der Waals surface area contributed by atoms with Gasteiger partial charge in [-0.25, -0.2) is 14.8 Å². The molecule has 9 nitrogen and oxygen atoms in total. The molecule has 0 atom stereocenters. The Morgan fingerprint density at radius 2 is 1.98 bits per heavy atom. The average molecular weight is 575 g/mol. The third-order valence-electron chi connectivity index (χ3n) is 7.74. The minimum atomic E-state index is -0.946. The number of aromatic carboxylic acids is 1. The number of halogens is 1. The minimum Gasteiger partial charge on any atom is -0.478 e. The number of aromatic nitrogens is 3. The van der Waals surface area contributed by atoms with E-state index in [2.05, 4.69) is 15.5 Å². The number of hydrogen-bond donors (Lipinski definition) is 1. The van der Waals surface area contributed by atoms with Crippen LogP contribution in [0.3, 0.4) is 0 Å². The second-order valence-electron chi connectivity index (χ2n) is 10.3. The van der Waals surface area contributed by atoms with Crippen molar-refractivity contribution in [2.75, 3.05) is 26.8 Å². The molecule has 0 amide bonds. The van der Waals surface area contributed by atoms with E-state index >= 15 is 0 Å². The van der Waals surface area contributed by atoms with Gasteiger partial charge in [0, 0.05) is 42.3 Å². The summed E-state index contributed by atoms with van der Waals surface area (Å²) in [5.41, 5.74) is 4.57. The van der Waals surface area contributed by atoms with Crippen LogP contribution in [0.1, 0.15) is 46.2 Å². The normalized spacial score (nSPS) is 14.7. The van der Waals surface area contributed by atoms with Crippen LogP contribution in [0.4, 0.5) is 0 Å². The number of methoxy groups -OCH3 is 1. The van der Waals surface area contributed by atoms with E-state index in [4.69, 9.17) is 35.5 Å². The van der Waals surface area contributed by atoms with Crippen LogP contribution in [-0.4, -0.2) is 57.3 Å². The average Bonchev–Trinajstić information content (AvgIpc) is 3.62. The van der Waals surface area contributed by atoms with Crippen LogP contribution in [0.5, 0.6) is 5.88 Å². The van der Waals surface area contributed by atoms with Crippen LogP contribution in [0.2, 0.25) is 5.02 Å². The Bertz CT molecular complexity index is 1690. The number of carbonyl (C=O) groups is 1. The van der Waals surface area contributed by atoms with Gasteiger partial charge in [-0.3, -0.25) is 4.90 Å². The third kappa shape index (κ3) is 5.79. The molecule has 0 bridgehead atoms. The van der Waals surface area contributed by atoms with Crippen molar-refractivity contribution < 1.29 is 23.8 Å². The fourth-order valence-corrected chi connectivity index (χ4v) is 5.76. The molecule has 6 rings (SSSR count). The molecule has 41 heavy (non-hydrogen) atoms. The molecule has 3 aromatic heterocycles. The molecule has 0 aliphatic carbocycles. The molecule has 1 N–H and O–H groups in total. The number of carboxylic acid groups (broad SMARTS) is 1. The van der Waals surface area contributed by atoms with Crippen molar-refractivity contribution >= 4 is 39.6 Å². The molecule has 1 aliphatic heterocycles. The molecule has 4 heterocycles. The third-order valence-corrected chi connectivity index (χ3v) is 8.04. The van der Waals surface area contributed by atoms with Gasteiger partial charge in [0.05, 0.1) is 41.0 Å². The number of benzene rings is 2. The lowest BCUT2D eigenvalue weighted by atomic mass is 9.93. The number of likely N-dealkylation sites (tertiary alicyclic amines) is 1. The first-order chi connectivity index (χ1) is 20.0. The summed E-state index contributed by atoms with van der Waals surface area (Å²) in [5, 5.41) is 11.0. The predicted octanol–water partition coefficient (Wildman–Crippen LogP) is 6.13. The molecular formula is C31H31ClN4O5. The zero-order chi connectivity index (χ0) is 28.3. The Hall–Kier alpha value is -3.92. The van der Waals surface area contributed by atoms with Gasteiger partial charge in [0.15, 0.2) is 5.58 Å². The Morgan fingerprint density at radius 1 is 1.12 bits per heavy atom. The number of furan rings is 1. The Kier molecular flexibility index (Phi) is 7.91. The number of hydrogen-bond acceptors (Lipinski definition) is 7. The number of nitrogens with zero attached hydrogens (tertiary/aromatic N) is 4. The van der Waals surface area contributed by atoms with Gasteiger partial charge in [0.25, 0.3) is 0 Å². The van der Waals surface area contributed by atoms with Crippen molar-refractivity contribution in [3.8, 4) is 5.88 Å². The molecule has 0 spiro atoms. The molecule has 0 radical (unpaired) electrons. The van der Waals surface area contributed by atoms with Gasteiger partial charge in [-0.2, -0.15) is 0 Å². The van der Waals surface area contributed by atoms with Gasteiger partial charge in [0.2, 0.25) is 5.88 Å². The minimum absolute atomic E-state index is 0.255. The molecule has 5 aromatic rings. The second kappa shape index (κ2) is 11.9. The highest BCUT2D eigenvalue weighted by molar-refractivity contribution is 6.34. The standard InChI is InChI=1S/C31H31ClN4O5/c1-39-16-14-36-27-17-21(31(37)38)6-8-26(27)33-28(36)18-35-12-9-20(10-13-35)25-3-2-4-29(34-25)41-19-22-5-7-24(32)30-23(22)11-15-40-30/h2-8,11,15,17,20H,9-10,12-14,16,18-19H2,1H3,(H,37,38). The SMILES string of the molecule is COCCn1c(CN2CCC(c3cccc(OCc4ccc(Cl)c5occc45)n3)CC2)nc2ccc(C(=O)O)cc21. The van der Waals surface area contributed by atoms with E-state index in [-0.39, 0.29) is 5.56 Å². The number of pyridine rings is 1. The first-order valence-corrected chi connectivity index (χ1v) is 14.1. The van der Waals surface area contributed by atoms with E-state index in [9.17, 15) is 9.90 Å². The maximum atomic E-state index is 11.5. The molecule has 10 heteroatoms. The number of piperidine rings is 1. The largest absolute Gasteiger partial charge is 0.478 e. The quantitative estimate of drug-likeness (QED) is 0.212. The van der Waals surface area contributed by atoms with Crippen LogP contribution in [0.15, 0.2) is 65.3 Å². The summed E-state index contributed by atoms with van der Waals surface area (Å²) in [7, 11) is 1.66. The Balaban J connectivity index is 1.10. The van der Waals surface area contributed by atoms with Crippen LogP contribution in [0.25, 0.3) is 22.0 Å². The van der Waals surface area contributed by atoms with Crippen molar-refractivity contribution in [3.05, 3.63) is 88.5 Å². The summed E-state index contributed by atoms with van der Waals surface area (Å²) in [5.74, 6) is 0.916. The summed E-state index contributed by atoms with van der Waals surface area (Å²) in [6, 6.07) is 16.7. The maximum absolute atomic E-state index is 11.5. The van der Waals surface area contributed by atoms with Crippen LogP contribution < -0.4 is 4.74 Å². The van der Waals surface area contributed by atoms with Crippen LogP contribution >= 0.6 is 11.6 Å². The molecule has 1 saturated heterocycles. The van der Waals surface area contributed by atoms with Gasteiger partial charge in [0.1, 0.15) is 12.4 Å². The molecule has 212 valence electrons. The first kappa shape index (κ1) is 27.3. The molecule has 1 fully saturated rings. The summed E-state index contributed by atoms with van der Waals surface area (Å²) in [4.78, 5) is 23.6. The maximum Gasteiger partial charge on any atom is 0.335 e. The lowest BCUT2D eigenvalue weighted by Gasteiger charge is -2.31. The van der Waals surface area contributed by atoms with Gasteiger partial charge >= 0.3 is 5.97 Å². The van der Waals surface area contributed by atoms with Crippen LogP contribution in [-0.2, 0) is 24.4 Å². The number of rotatable bonds is 10. The van der Waals surface area contributed by atoms with Crippen molar-refractivity contribution in [3.63, 3.8) is 0 Å². The number of imidazole rings is 1. The summed E-state index contributed by atoms with van der Waals surface area (Å²) in [6.45, 7) is 4.02. The van der Waals surface area contributed by atoms with E-state index in [1.54, 1.807) is 31.6 Å². The van der Waals surface area contributed by atoms with Crippen molar-refractivity contribution in [2.45, 2.75) is 38.5 Å². The Morgan fingerprint density at radius 3 is 2.78 bits per heavy atom. The molecule has 0 saturated carbocycles. The molecular weight excluding hydrogens is 544 g/mol.